The van der Waals surface area contributed by atoms with Crippen LogP contribution in [0.5, 0.6) is 0 Å². The molecule has 0 aliphatic carbocycles. The molecule has 0 bridgehead atoms. The zero-order chi connectivity index (χ0) is 8.81. The number of pyridine rings is 1. The molecular weight excluding hydrogens is 173 g/mol. The van der Waals surface area contributed by atoms with E-state index in [4.69, 9.17) is 0 Å². The Bertz CT molecular complexity index is 314. The van der Waals surface area contributed by atoms with Crippen LogP contribution in [0.4, 0.5) is 4.39 Å². The van der Waals surface area contributed by atoms with Gasteiger partial charge in [-0.05, 0) is 6.07 Å². The van der Waals surface area contributed by atoms with E-state index in [2.05, 4.69) is 29.5 Å². The standard InChI is InChI=1S/C9H8FNS/c10-9-7-8(4-5-11-9)3-1-2-6-12/h4-5,7,12H,2,6H2. The summed E-state index contributed by atoms with van der Waals surface area (Å²) in [6.07, 6.45) is 2.12. The molecule has 0 unspecified atom stereocenters. The molecule has 1 nitrogen and oxygen atoms in total. The minimum Gasteiger partial charge on any atom is -0.228 e. The lowest BCUT2D eigenvalue weighted by Crippen LogP contribution is -1.82. The molecule has 0 N–H and O–H groups in total. The van der Waals surface area contributed by atoms with Gasteiger partial charge in [0.15, 0.2) is 0 Å². The third-order valence-electron chi connectivity index (χ3n) is 1.20. The molecule has 0 spiro atoms. The quantitative estimate of drug-likeness (QED) is 0.396. The van der Waals surface area contributed by atoms with Crippen molar-refractivity contribution < 1.29 is 4.39 Å². The van der Waals surface area contributed by atoms with Gasteiger partial charge >= 0.3 is 0 Å². The molecular formula is C9H8FNS. The second-order valence-electron chi connectivity index (χ2n) is 2.14. The first-order valence-corrected chi connectivity index (χ1v) is 4.17. The summed E-state index contributed by atoms with van der Waals surface area (Å²) in [6.45, 7) is 0. The van der Waals surface area contributed by atoms with Crippen molar-refractivity contribution in [3.05, 3.63) is 29.8 Å². The van der Waals surface area contributed by atoms with Gasteiger partial charge in [0.2, 0.25) is 5.95 Å². The second-order valence-corrected chi connectivity index (χ2v) is 2.59. The average molecular weight is 181 g/mol. The molecule has 0 saturated carbocycles. The number of hydrogen-bond donors (Lipinski definition) is 1. The van der Waals surface area contributed by atoms with Gasteiger partial charge in [-0.1, -0.05) is 11.8 Å². The maximum Gasteiger partial charge on any atom is 0.214 e. The molecule has 3 heteroatoms. The summed E-state index contributed by atoms with van der Waals surface area (Å²) in [5.41, 5.74) is 0.657. The minimum absolute atomic E-state index is 0.493. The second kappa shape index (κ2) is 4.78. The first kappa shape index (κ1) is 9.08. The van der Waals surface area contributed by atoms with Gasteiger partial charge in [-0.3, -0.25) is 0 Å². The minimum atomic E-state index is -0.493. The normalized spacial score (nSPS) is 8.83. The molecule has 0 aliphatic heterocycles. The Hall–Kier alpha value is -1.01. The van der Waals surface area contributed by atoms with Crippen molar-refractivity contribution in [3.8, 4) is 11.8 Å². The third kappa shape index (κ3) is 2.93. The van der Waals surface area contributed by atoms with E-state index >= 15 is 0 Å². The largest absolute Gasteiger partial charge is 0.228 e. The number of aromatic nitrogens is 1. The van der Waals surface area contributed by atoms with Crippen LogP contribution >= 0.6 is 12.6 Å². The Kier molecular flexibility index (Phi) is 3.62. The number of rotatable bonds is 1. The van der Waals surface area contributed by atoms with E-state index in [1.54, 1.807) is 6.07 Å². The van der Waals surface area contributed by atoms with E-state index in [0.29, 0.717) is 12.0 Å². The highest BCUT2D eigenvalue weighted by molar-refractivity contribution is 7.80. The highest BCUT2D eigenvalue weighted by Crippen LogP contribution is 1.97. The van der Waals surface area contributed by atoms with E-state index in [0.717, 1.165) is 5.75 Å². The first-order chi connectivity index (χ1) is 5.83. The van der Waals surface area contributed by atoms with Crippen LogP contribution in [0.25, 0.3) is 0 Å². The molecule has 0 saturated heterocycles. The molecule has 0 amide bonds. The van der Waals surface area contributed by atoms with Gasteiger partial charge in [0.05, 0.1) is 0 Å². The number of thiol groups is 1. The Balaban J connectivity index is 2.71. The topological polar surface area (TPSA) is 12.9 Å². The number of halogens is 1. The summed E-state index contributed by atoms with van der Waals surface area (Å²) in [7, 11) is 0. The molecule has 12 heavy (non-hydrogen) atoms. The highest BCUT2D eigenvalue weighted by Gasteiger charge is 1.90. The predicted octanol–water partition coefficient (Wildman–Crippen LogP) is 1.89. The molecule has 62 valence electrons. The van der Waals surface area contributed by atoms with Crippen molar-refractivity contribution in [2.24, 2.45) is 0 Å². The summed E-state index contributed by atoms with van der Waals surface area (Å²) >= 11 is 4.00. The molecule has 0 aromatic carbocycles. The Morgan fingerprint density at radius 1 is 1.58 bits per heavy atom. The lowest BCUT2D eigenvalue weighted by atomic mass is 10.2. The fourth-order valence-corrected chi connectivity index (χ4v) is 0.812. The predicted molar refractivity (Wildman–Crippen MR) is 49.5 cm³/mol. The Labute approximate surface area is 76.4 Å². The average Bonchev–Trinajstić information content (AvgIpc) is 2.05. The third-order valence-corrected chi connectivity index (χ3v) is 1.42. The number of nitrogens with zero attached hydrogens (tertiary/aromatic N) is 1. The summed E-state index contributed by atoms with van der Waals surface area (Å²) in [4.78, 5) is 3.42. The van der Waals surface area contributed by atoms with Crippen molar-refractivity contribution in [2.45, 2.75) is 6.42 Å². The molecule has 0 radical (unpaired) electrons. The maximum atomic E-state index is 12.5. The molecule has 1 aromatic heterocycles. The van der Waals surface area contributed by atoms with Gasteiger partial charge in [0.1, 0.15) is 0 Å². The van der Waals surface area contributed by atoms with Crippen molar-refractivity contribution in [2.75, 3.05) is 5.75 Å². The molecule has 1 aromatic rings. The van der Waals surface area contributed by atoms with E-state index in [9.17, 15) is 4.39 Å². The molecule has 0 aliphatic rings. The zero-order valence-electron chi connectivity index (χ0n) is 6.42. The fraction of sp³-hybridized carbons (Fsp3) is 0.222. The van der Waals surface area contributed by atoms with Crippen LogP contribution in [-0.2, 0) is 0 Å². The monoisotopic (exact) mass is 181 g/mol. The van der Waals surface area contributed by atoms with Crippen LogP contribution in [-0.4, -0.2) is 10.7 Å². The van der Waals surface area contributed by atoms with Gasteiger partial charge in [0, 0.05) is 30.0 Å². The van der Waals surface area contributed by atoms with Crippen molar-refractivity contribution in [1.82, 2.24) is 4.98 Å². The highest BCUT2D eigenvalue weighted by atomic mass is 32.1. The summed E-state index contributed by atoms with van der Waals surface area (Å²) < 4.78 is 12.5. The van der Waals surface area contributed by atoms with Gasteiger partial charge in [-0.2, -0.15) is 17.0 Å². The Morgan fingerprint density at radius 2 is 2.42 bits per heavy atom. The van der Waals surface area contributed by atoms with Crippen LogP contribution in [0.1, 0.15) is 12.0 Å². The van der Waals surface area contributed by atoms with Crippen LogP contribution in [0, 0.1) is 17.8 Å². The van der Waals surface area contributed by atoms with Crippen LogP contribution in [0.15, 0.2) is 18.3 Å². The van der Waals surface area contributed by atoms with E-state index in [1.165, 1.54) is 12.3 Å². The molecule has 0 fully saturated rings. The van der Waals surface area contributed by atoms with E-state index in [1.807, 2.05) is 0 Å². The van der Waals surface area contributed by atoms with Gasteiger partial charge < -0.3 is 0 Å². The lowest BCUT2D eigenvalue weighted by Gasteiger charge is -1.88. The van der Waals surface area contributed by atoms with Gasteiger partial charge in [0.25, 0.3) is 0 Å². The lowest BCUT2D eigenvalue weighted by molar-refractivity contribution is 0.583. The maximum absolute atomic E-state index is 12.5. The van der Waals surface area contributed by atoms with Crippen molar-refractivity contribution in [3.63, 3.8) is 0 Å². The van der Waals surface area contributed by atoms with Crippen LogP contribution < -0.4 is 0 Å². The van der Waals surface area contributed by atoms with Gasteiger partial charge in [-0.15, -0.1) is 0 Å². The van der Waals surface area contributed by atoms with E-state index in [-0.39, 0.29) is 0 Å². The molecule has 0 atom stereocenters. The summed E-state index contributed by atoms with van der Waals surface area (Å²) in [5.74, 6) is 5.90. The number of hydrogen-bond acceptors (Lipinski definition) is 2. The molecule has 1 heterocycles. The first-order valence-electron chi connectivity index (χ1n) is 3.54. The van der Waals surface area contributed by atoms with Crippen molar-refractivity contribution >= 4 is 12.6 Å². The van der Waals surface area contributed by atoms with Crippen molar-refractivity contribution in [1.29, 1.82) is 0 Å². The smallest absolute Gasteiger partial charge is 0.214 e. The van der Waals surface area contributed by atoms with Crippen LogP contribution in [0.2, 0.25) is 0 Å². The molecule has 1 rings (SSSR count). The zero-order valence-corrected chi connectivity index (χ0v) is 7.31. The van der Waals surface area contributed by atoms with Gasteiger partial charge in [-0.25, -0.2) is 4.98 Å². The SMILES string of the molecule is Fc1cc(C#CCCS)ccn1. The summed E-state index contributed by atoms with van der Waals surface area (Å²) in [5, 5.41) is 0. The fourth-order valence-electron chi connectivity index (χ4n) is 0.701. The van der Waals surface area contributed by atoms with E-state index < -0.39 is 5.95 Å². The summed E-state index contributed by atoms with van der Waals surface area (Å²) in [6, 6.07) is 2.99. The Morgan fingerprint density at radius 3 is 3.08 bits per heavy atom. The van der Waals surface area contributed by atoms with Crippen LogP contribution in [0.3, 0.4) is 0 Å².